The second kappa shape index (κ2) is 13.5. The van der Waals surface area contributed by atoms with Crippen molar-refractivity contribution < 1.29 is 23.5 Å². The van der Waals surface area contributed by atoms with Gasteiger partial charge in [-0.25, -0.2) is 14.6 Å². The van der Waals surface area contributed by atoms with Crippen LogP contribution in [-0.4, -0.2) is 38.1 Å². The van der Waals surface area contributed by atoms with Crippen molar-refractivity contribution in [2.45, 2.75) is 0 Å². The molecule has 8 nitrogen and oxygen atoms in total. The summed E-state index contributed by atoms with van der Waals surface area (Å²) in [5.74, 6) is -2.14. The van der Waals surface area contributed by atoms with Crippen LogP contribution in [0.5, 0.6) is 5.75 Å². The lowest BCUT2D eigenvalue weighted by Crippen LogP contribution is -2.32. The zero-order valence-corrected chi connectivity index (χ0v) is 22.4. The van der Waals surface area contributed by atoms with Gasteiger partial charge in [0.25, 0.3) is 11.8 Å². The lowest BCUT2D eigenvalue weighted by molar-refractivity contribution is -0.117. The smallest absolute Gasteiger partial charge is 0.343 e. The monoisotopic (exact) mass is 550 g/mol. The summed E-state index contributed by atoms with van der Waals surface area (Å²) in [6.07, 6.45) is 2.91. The number of nitrogens with zero attached hydrogens (tertiary/aromatic N) is 2. The standard InChI is InChI=1S/C32H27FN4O4/c1-37(2)27-16-14-22(15-17-27)19-29(35-30(38)24-9-4-3-5-10-24)31(39)36-34-21-23-8-6-13-28(18-23)41-32(40)25-11-7-12-26(33)20-25/h3-21H,1-2H3,(H,35,38)(H,36,39)/b29-19-,34-21+. The third-order valence-corrected chi connectivity index (χ3v) is 5.76. The molecule has 0 spiro atoms. The van der Waals surface area contributed by atoms with Gasteiger partial charge >= 0.3 is 5.97 Å². The molecule has 2 N–H and O–H groups in total. The van der Waals surface area contributed by atoms with Gasteiger partial charge in [-0.3, -0.25) is 9.59 Å². The molecule has 0 heterocycles. The number of anilines is 1. The summed E-state index contributed by atoms with van der Waals surface area (Å²) < 4.78 is 18.7. The number of benzene rings is 4. The molecule has 0 unspecified atom stereocenters. The number of esters is 1. The van der Waals surface area contributed by atoms with E-state index in [1.807, 2.05) is 43.3 Å². The van der Waals surface area contributed by atoms with Crippen LogP contribution in [0.3, 0.4) is 0 Å². The van der Waals surface area contributed by atoms with Crippen molar-refractivity contribution in [1.82, 2.24) is 10.7 Å². The van der Waals surface area contributed by atoms with Crippen molar-refractivity contribution in [2.75, 3.05) is 19.0 Å². The molecule has 0 bridgehead atoms. The Morgan fingerprint density at radius 3 is 2.22 bits per heavy atom. The first-order valence-corrected chi connectivity index (χ1v) is 12.6. The third-order valence-electron chi connectivity index (χ3n) is 5.76. The summed E-state index contributed by atoms with van der Waals surface area (Å²) in [5.41, 5.74) is 5.08. The molecule has 0 saturated carbocycles. The summed E-state index contributed by atoms with van der Waals surface area (Å²) in [6.45, 7) is 0. The first kappa shape index (κ1) is 28.4. The highest BCUT2D eigenvalue weighted by atomic mass is 19.1. The SMILES string of the molecule is CN(C)c1ccc(/C=C(\NC(=O)c2ccccc2)C(=O)N/N=C/c2cccc(OC(=O)c3cccc(F)c3)c2)cc1. The highest BCUT2D eigenvalue weighted by Gasteiger charge is 2.15. The van der Waals surface area contributed by atoms with Gasteiger partial charge in [-0.15, -0.1) is 0 Å². The Kier molecular flexibility index (Phi) is 9.35. The van der Waals surface area contributed by atoms with Crippen LogP contribution in [0.4, 0.5) is 10.1 Å². The van der Waals surface area contributed by atoms with E-state index in [1.54, 1.807) is 54.6 Å². The predicted molar refractivity (Wildman–Crippen MR) is 156 cm³/mol. The fraction of sp³-hybridized carbons (Fsp3) is 0.0625. The van der Waals surface area contributed by atoms with Crippen molar-refractivity contribution in [3.05, 3.63) is 137 Å². The fourth-order valence-electron chi connectivity index (χ4n) is 3.64. The van der Waals surface area contributed by atoms with Crippen LogP contribution in [0.15, 0.2) is 114 Å². The van der Waals surface area contributed by atoms with Gasteiger partial charge in [0.1, 0.15) is 17.3 Å². The van der Waals surface area contributed by atoms with E-state index in [1.165, 1.54) is 30.5 Å². The molecule has 0 fully saturated rings. The van der Waals surface area contributed by atoms with Gasteiger partial charge in [-0.05, 0) is 71.8 Å². The van der Waals surface area contributed by atoms with E-state index in [9.17, 15) is 18.8 Å². The zero-order chi connectivity index (χ0) is 29.2. The molecule has 9 heteroatoms. The molecule has 0 saturated heterocycles. The quantitative estimate of drug-likeness (QED) is 0.100. The number of carbonyl (C=O) groups excluding carboxylic acids is 3. The maximum absolute atomic E-state index is 13.4. The number of hydrazone groups is 1. The van der Waals surface area contributed by atoms with Crippen LogP contribution >= 0.6 is 0 Å². The number of rotatable bonds is 9. The van der Waals surface area contributed by atoms with Gasteiger partial charge in [0.2, 0.25) is 0 Å². The molecule has 0 aliphatic rings. The third kappa shape index (κ3) is 8.21. The van der Waals surface area contributed by atoms with E-state index in [2.05, 4.69) is 15.8 Å². The van der Waals surface area contributed by atoms with Crippen molar-refractivity contribution >= 4 is 35.8 Å². The fourth-order valence-corrected chi connectivity index (χ4v) is 3.64. The minimum Gasteiger partial charge on any atom is -0.423 e. The molecule has 4 rings (SSSR count). The first-order chi connectivity index (χ1) is 19.8. The molecule has 0 aromatic heterocycles. The lowest BCUT2D eigenvalue weighted by Gasteiger charge is -2.12. The van der Waals surface area contributed by atoms with Gasteiger partial charge in [-0.1, -0.05) is 48.5 Å². The molecular formula is C32H27FN4O4. The summed E-state index contributed by atoms with van der Waals surface area (Å²) in [6, 6.07) is 27.6. The number of carbonyl (C=O) groups is 3. The number of amides is 2. The van der Waals surface area contributed by atoms with E-state index in [0.717, 1.165) is 11.8 Å². The van der Waals surface area contributed by atoms with Crippen LogP contribution in [-0.2, 0) is 4.79 Å². The lowest BCUT2D eigenvalue weighted by atomic mass is 10.1. The van der Waals surface area contributed by atoms with E-state index in [0.29, 0.717) is 16.7 Å². The van der Waals surface area contributed by atoms with Crippen LogP contribution < -0.4 is 20.4 Å². The first-order valence-electron chi connectivity index (χ1n) is 12.6. The molecule has 41 heavy (non-hydrogen) atoms. The Balaban J connectivity index is 1.48. The molecule has 4 aromatic rings. The summed E-state index contributed by atoms with van der Waals surface area (Å²) in [7, 11) is 3.85. The molecule has 4 aromatic carbocycles. The normalized spacial score (nSPS) is 11.1. The average molecular weight is 551 g/mol. The van der Waals surface area contributed by atoms with Crippen molar-refractivity contribution in [3.63, 3.8) is 0 Å². The molecule has 0 atom stereocenters. The summed E-state index contributed by atoms with van der Waals surface area (Å²) in [5, 5.41) is 6.66. The van der Waals surface area contributed by atoms with Gasteiger partial charge in [-0.2, -0.15) is 5.10 Å². The van der Waals surface area contributed by atoms with Crippen molar-refractivity contribution in [3.8, 4) is 5.75 Å². The second-order valence-electron chi connectivity index (χ2n) is 9.04. The maximum atomic E-state index is 13.4. The highest BCUT2D eigenvalue weighted by Crippen LogP contribution is 2.16. The van der Waals surface area contributed by atoms with Crippen molar-refractivity contribution in [1.29, 1.82) is 0 Å². The Morgan fingerprint density at radius 1 is 0.805 bits per heavy atom. The average Bonchev–Trinajstić information content (AvgIpc) is 2.97. The largest absolute Gasteiger partial charge is 0.423 e. The number of nitrogens with one attached hydrogen (secondary N) is 2. The zero-order valence-electron chi connectivity index (χ0n) is 22.4. The minimum absolute atomic E-state index is 0.00798. The van der Waals surface area contributed by atoms with Crippen LogP contribution in [0.2, 0.25) is 0 Å². The molecular weight excluding hydrogens is 523 g/mol. The Bertz CT molecular complexity index is 1600. The minimum atomic E-state index is -0.713. The molecule has 0 aliphatic heterocycles. The van der Waals surface area contributed by atoms with E-state index >= 15 is 0 Å². The van der Waals surface area contributed by atoms with Gasteiger partial charge < -0.3 is 15.0 Å². The molecule has 2 amide bonds. The highest BCUT2D eigenvalue weighted by molar-refractivity contribution is 6.05. The number of hydrogen-bond acceptors (Lipinski definition) is 6. The summed E-state index contributed by atoms with van der Waals surface area (Å²) in [4.78, 5) is 40.1. The van der Waals surface area contributed by atoms with Gasteiger partial charge in [0.15, 0.2) is 0 Å². The predicted octanol–water partition coefficient (Wildman–Crippen LogP) is 5.03. The molecule has 0 radical (unpaired) electrons. The van der Waals surface area contributed by atoms with Crippen LogP contribution in [0.25, 0.3) is 6.08 Å². The second-order valence-corrected chi connectivity index (χ2v) is 9.04. The van der Waals surface area contributed by atoms with E-state index < -0.39 is 23.6 Å². The summed E-state index contributed by atoms with van der Waals surface area (Å²) >= 11 is 0. The number of hydrogen-bond donors (Lipinski definition) is 2. The molecule has 0 aliphatic carbocycles. The van der Waals surface area contributed by atoms with Gasteiger partial charge in [0.05, 0.1) is 11.8 Å². The van der Waals surface area contributed by atoms with E-state index in [4.69, 9.17) is 4.74 Å². The van der Waals surface area contributed by atoms with Crippen molar-refractivity contribution in [2.24, 2.45) is 5.10 Å². The molecule has 206 valence electrons. The maximum Gasteiger partial charge on any atom is 0.343 e. The van der Waals surface area contributed by atoms with Crippen LogP contribution in [0.1, 0.15) is 31.8 Å². The van der Waals surface area contributed by atoms with Gasteiger partial charge in [0, 0.05) is 25.3 Å². The van der Waals surface area contributed by atoms with Crippen LogP contribution in [0, 0.1) is 5.82 Å². The number of ether oxygens (including phenoxy) is 1. The Morgan fingerprint density at radius 2 is 1.51 bits per heavy atom. The van der Waals surface area contributed by atoms with E-state index in [-0.39, 0.29) is 17.0 Å². The number of halogens is 1. The Labute approximate surface area is 236 Å². The Hall–Kier alpha value is -5.57. The topological polar surface area (TPSA) is 100 Å².